The van der Waals surface area contributed by atoms with Crippen molar-refractivity contribution in [3.05, 3.63) is 0 Å². The molecule has 0 radical (unpaired) electrons. The molecule has 2 saturated heterocycles. The third kappa shape index (κ3) is 4.20. The second-order valence-corrected chi connectivity index (χ2v) is 5.82. The Balaban J connectivity index is 1.72. The molecule has 1 unspecified atom stereocenters. The van der Waals surface area contributed by atoms with E-state index < -0.39 is 0 Å². The number of ether oxygens (including phenoxy) is 1. The summed E-state index contributed by atoms with van der Waals surface area (Å²) in [5, 5.41) is 3.35. The second-order valence-electron chi connectivity index (χ2n) is 5.82. The first-order valence-corrected chi connectivity index (χ1v) is 7.85. The van der Waals surface area contributed by atoms with Crippen molar-refractivity contribution in [3.8, 4) is 0 Å². The zero-order chi connectivity index (χ0) is 14.4. The Labute approximate surface area is 121 Å². The average Bonchev–Trinajstić information content (AvgIpc) is 2.48. The lowest BCUT2D eigenvalue weighted by molar-refractivity contribution is -0.151. The number of amides is 1. The fraction of sp³-hybridized carbons (Fsp3) is 0.867. The molecule has 0 aromatic heterocycles. The molecule has 0 aromatic carbocycles. The molecule has 2 aliphatic rings. The van der Waals surface area contributed by atoms with Gasteiger partial charge in [0.25, 0.3) is 0 Å². The number of esters is 1. The van der Waals surface area contributed by atoms with Crippen LogP contribution in [0.4, 0.5) is 0 Å². The Kier molecular flexibility index (Phi) is 5.83. The van der Waals surface area contributed by atoms with E-state index in [1.165, 1.54) is 6.42 Å². The SMILES string of the molecule is CCOC(=O)C1CCN(C(=O)CC2CCCNC2)CC1. The molecule has 2 rings (SSSR count). The van der Waals surface area contributed by atoms with Crippen molar-refractivity contribution in [2.24, 2.45) is 11.8 Å². The molecular weight excluding hydrogens is 256 g/mol. The number of rotatable bonds is 4. The van der Waals surface area contributed by atoms with Crippen LogP contribution in [-0.2, 0) is 14.3 Å². The second kappa shape index (κ2) is 7.62. The minimum atomic E-state index is -0.101. The molecule has 0 bridgehead atoms. The third-order valence-electron chi connectivity index (χ3n) is 4.33. The summed E-state index contributed by atoms with van der Waals surface area (Å²) in [6.45, 7) is 5.70. The highest BCUT2D eigenvalue weighted by Crippen LogP contribution is 2.21. The van der Waals surface area contributed by atoms with Gasteiger partial charge < -0.3 is 15.0 Å². The van der Waals surface area contributed by atoms with Crippen molar-refractivity contribution in [1.29, 1.82) is 0 Å². The monoisotopic (exact) mass is 282 g/mol. The number of hydrogen-bond donors (Lipinski definition) is 1. The molecule has 0 spiro atoms. The molecule has 20 heavy (non-hydrogen) atoms. The van der Waals surface area contributed by atoms with Crippen LogP contribution >= 0.6 is 0 Å². The summed E-state index contributed by atoms with van der Waals surface area (Å²) in [4.78, 5) is 25.8. The quantitative estimate of drug-likeness (QED) is 0.787. The van der Waals surface area contributed by atoms with E-state index in [0.717, 1.165) is 32.4 Å². The first-order chi connectivity index (χ1) is 9.70. The van der Waals surface area contributed by atoms with Gasteiger partial charge in [-0.3, -0.25) is 9.59 Å². The highest BCUT2D eigenvalue weighted by molar-refractivity contribution is 5.77. The molecule has 1 atom stereocenters. The molecule has 0 aromatic rings. The Hall–Kier alpha value is -1.10. The summed E-state index contributed by atoms with van der Waals surface area (Å²) in [6, 6.07) is 0. The average molecular weight is 282 g/mol. The predicted molar refractivity (Wildman–Crippen MR) is 76.1 cm³/mol. The smallest absolute Gasteiger partial charge is 0.309 e. The van der Waals surface area contributed by atoms with Crippen LogP contribution in [0.15, 0.2) is 0 Å². The van der Waals surface area contributed by atoms with Crippen molar-refractivity contribution in [1.82, 2.24) is 10.2 Å². The van der Waals surface area contributed by atoms with Gasteiger partial charge in [0.2, 0.25) is 5.91 Å². The third-order valence-corrected chi connectivity index (χ3v) is 4.33. The first-order valence-electron chi connectivity index (χ1n) is 7.85. The molecule has 5 heteroatoms. The van der Waals surface area contributed by atoms with Crippen LogP contribution in [0.25, 0.3) is 0 Å². The van der Waals surface area contributed by atoms with E-state index in [9.17, 15) is 9.59 Å². The standard InChI is InChI=1S/C15H26N2O3/c1-2-20-15(19)13-5-8-17(9-6-13)14(18)10-12-4-3-7-16-11-12/h12-13,16H,2-11H2,1H3. The lowest BCUT2D eigenvalue weighted by atomic mass is 9.93. The van der Waals surface area contributed by atoms with Crippen molar-refractivity contribution < 1.29 is 14.3 Å². The lowest BCUT2D eigenvalue weighted by Gasteiger charge is -2.32. The van der Waals surface area contributed by atoms with Gasteiger partial charge in [-0.1, -0.05) is 0 Å². The van der Waals surface area contributed by atoms with E-state index >= 15 is 0 Å². The molecule has 0 aliphatic carbocycles. The summed E-state index contributed by atoms with van der Waals surface area (Å²) in [6.07, 6.45) is 4.46. The largest absolute Gasteiger partial charge is 0.466 e. The summed E-state index contributed by atoms with van der Waals surface area (Å²) < 4.78 is 5.05. The van der Waals surface area contributed by atoms with E-state index in [0.29, 0.717) is 32.0 Å². The molecule has 5 nitrogen and oxygen atoms in total. The van der Waals surface area contributed by atoms with Gasteiger partial charge in [-0.25, -0.2) is 0 Å². The topological polar surface area (TPSA) is 58.6 Å². The van der Waals surface area contributed by atoms with Crippen LogP contribution < -0.4 is 5.32 Å². The molecule has 2 heterocycles. The van der Waals surface area contributed by atoms with Gasteiger partial charge in [0.15, 0.2) is 0 Å². The molecule has 2 aliphatic heterocycles. The van der Waals surface area contributed by atoms with Gasteiger partial charge in [-0.2, -0.15) is 0 Å². The fourth-order valence-corrected chi connectivity index (χ4v) is 3.10. The highest BCUT2D eigenvalue weighted by Gasteiger charge is 2.29. The van der Waals surface area contributed by atoms with Gasteiger partial charge in [0, 0.05) is 19.5 Å². The molecule has 2 fully saturated rings. The number of hydrogen-bond acceptors (Lipinski definition) is 4. The van der Waals surface area contributed by atoms with Crippen LogP contribution in [0.1, 0.15) is 39.0 Å². The van der Waals surface area contributed by atoms with E-state index in [1.54, 1.807) is 0 Å². The van der Waals surface area contributed by atoms with E-state index in [4.69, 9.17) is 4.74 Å². The van der Waals surface area contributed by atoms with Crippen molar-refractivity contribution in [3.63, 3.8) is 0 Å². The maximum atomic E-state index is 12.3. The highest BCUT2D eigenvalue weighted by atomic mass is 16.5. The number of carbonyl (C=O) groups excluding carboxylic acids is 2. The predicted octanol–water partition coefficient (Wildman–Crippen LogP) is 1.18. The van der Waals surface area contributed by atoms with Crippen LogP contribution in [0.5, 0.6) is 0 Å². The Morgan fingerprint density at radius 3 is 2.60 bits per heavy atom. The summed E-state index contributed by atoms with van der Waals surface area (Å²) >= 11 is 0. The maximum absolute atomic E-state index is 12.3. The summed E-state index contributed by atoms with van der Waals surface area (Å²) in [5.41, 5.74) is 0. The first kappa shape index (κ1) is 15.3. The fourth-order valence-electron chi connectivity index (χ4n) is 3.10. The number of likely N-dealkylation sites (tertiary alicyclic amines) is 1. The van der Waals surface area contributed by atoms with Gasteiger partial charge in [-0.05, 0) is 51.6 Å². The number of piperidine rings is 2. The Bertz CT molecular complexity index is 332. The minimum Gasteiger partial charge on any atom is -0.466 e. The van der Waals surface area contributed by atoms with Gasteiger partial charge in [-0.15, -0.1) is 0 Å². The van der Waals surface area contributed by atoms with E-state index in [1.807, 2.05) is 11.8 Å². The van der Waals surface area contributed by atoms with Crippen molar-refractivity contribution in [2.75, 3.05) is 32.8 Å². The van der Waals surface area contributed by atoms with Crippen molar-refractivity contribution in [2.45, 2.75) is 39.0 Å². The summed E-state index contributed by atoms with van der Waals surface area (Å²) in [5.74, 6) is 0.617. The molecule has 0 saturated carbocycles. The van der Waals surface area contributed by atoms with E-state index in [2.05, 4.69) is 5.32 Å². The normalized spacial score (nSPS) is 24.4. The van der Waals surface area contributed by atoms with Gasteiger partial charge >= 0.3 is 5.97 Å². The molecule has 1 N–H and O–H groups in total. The molecule has 114 valence electrons. The number of nitrogens with zero attached hydrogens (tertiary/aromatic N) is 1. The number of carbonyl (C=O) groups is 2. The lowest BCUT2D eigenvalue weighted by Crippen LogP contribution is -2.42. The molecular formula is C15H26N2O3. The Morgan fingerprint density at radius 2 is 2.00 bits per heavy atom. The van der Waals surface area contributed by atoms with Crippen LogP contribution in [0.2, 0.25) is 0 Å². The van der Waals surface area contributed by atoms with Crippen LogP contribution in [-0.4, -0.2) is 49.6 Å². The summed E-state index contributed by atoms with van der Waals surface area (Å²) in [7, 11) is 0. The van der Waals surface area contributed by atoms with Gasteiger partial charge in [0.1, 0.15) is 0 Å². The number of nitrogens with one attached hydrogen (secondary N) is 1. The molecule has 1 amide bonds. The minimum absolute atomic E-state index is 0.0182. The van der Waals surface area contributed by atoms with E-state index in [-0.39, 0.29) is 17.8 Å². The zero-order valence-corrected chi connectivity index (χ0v) is 12.4. The van der Waals surface area contributed by atoms with Crippen LogP contribution in [0, 0.1) is 11.8 Å². The zero-order valence-electron chi connectivity index (χ0n) is 12.4. The van der Waals surface area contributed by atoms with Crippen LogP contribution in [0.3, 0.4) is 0 Å². The maximum Gasteiger partial charge on any atom is 0.309 e. The van der Waals surface area contributed by atoms with Crippen molar-refractivity contribution >= 4 is 11.9 Å². The Morgan fingerprint density at radius 1 is 1.25 bits per heavy atom. The van der Waals surface area contributed by atoms with Gasteiger partial charge in [0.05, 0.1) is 12.5 Å².